The van der Waals surface area contributed by atoms with E-state index in [-0.39, 0.29) is 18.6 Å². The van der Waals surface area contributed by atoms with E-state index in [0.29, 0.717) is 12.3 Å². The summed E-state index contributed by atoms with van der Waals surface area (Å²) in [5, 5.41) is 4.56. The Morgan fingerprint density at radius 3 is 2.41 bits per heavy atom. The number of allylic oxidation sites excluding steroid dienone is 1. The van der Waals surface area contributed by atoms with Crippen LogP contribution in [0.25, 0.3) is 11.3 Å². The number of aliphatic imine (C=N–C) groups is 1. The fraction of sp³-hybridized carbons (Fsp3) is 0.500. The molecule has 1 unspecified atom stereocenters. The third-order valence-corrected chi connectivity index (χ3v) is 5.05. The Kier molecular flexibility index (Phi) is 9.86. The van der Waals surface area contributed by atoms with Crippen molar-refractivity contribution in [2.75, 3.05) is 27.4 Å². The number of ether oxygens (including phenoxy) is 4. The van der Waals surface area contributed by atoms with Crippen LogP contribution in [0.4, 0.5) is 4.79 Å². The Labute approximate surface area is 202 Å². The molecule has 1 heterocycles. The second-order valence-electron chi connectivity index (χ2n) is 8.84. The monoisotopic (exact) mass is 471 g/mol. The van der Waals surface area contributed by atoms with Crippen molar-refractivity contribution in [3.05, 3.63) is 52.8 Å². The topological polar surface area (TPSA) is 84.2 Å². The second kappa shape index (κ2) is 12.4. The highest BCUT2D eigenvalue weighted by Gasteiger charge is 2.22. The molecule has 0 amide bonds. The Hall–Kier alpha value is -3.13. The van der Waals surface area contributed by atoms with Gasteiger partial charge in [-0.3, -0.25) is 9.67 Å². The normalized spacial score (nSPS) is 13.5. The fourth-order valence-corrected chi connectivity index (χ4v) is 3.34. The third kappa shape index (κ3) is 7.45. The molecule has 186 valence electrons. The quantitative estimate of drug-likeness (QED) is 0.155. The first-order chi connectivity index (χ1) is 16.1. The second-order valence-corrected chi connectivity index (χ2v) is 8.84. The zero-order valence-corrected chi connectivity index (χ0v) is 21.5. The molecule has 0 saturated heterocycles. The molecule has 0 bridgehead atoms. The molecule has 0 aliphatic heterocycles. The molecule has 2 aromatic rings. The van der Waals surface area contributed by atoms with Crippen molar-refractivity contribution in [1.29, 1.82) is 0 Å². The van der Waals surface area contributed by atoms with Gasteiger partial charge < -0.3 is 18.9 Å². The van der Waals surface area contributed by atoms with Crippen molar-refractivity contribution < 1.29 is 23.7 Å². The minimum Gasteiger partial charge on any atom is -0.452 e. The standard InChI is InChI=1S/C26H37N3O5/c1-9-29-23(16-18(2)28-29)24(33-19(3)34-25(30)32-15-14-31-8)22(17-27-7)20-10-12-21(13-11-20)26(4,5)6/h10-13,16-17,19H,9,14-15H2,1-8H3/b24-22-,27-17?. The summed E-state index contributed by atoms with van der Waals surface area (Å²) >= 11 is 0. The van der Waals surface area contributed by atoms with Gasteiger partial charge >= 0.3 is 6.16 Å². The highest BCUT2D eigenvalue weighted by molar-refractivity contribution is 6.18. The Balaban J connectivity index is 2.51. The average molecular weight is 472 g/mol. The van der Waals surface area contributed by atoms with E-state index in [1.165, 1.54) is 12.7 Å². The van der Waals surface area contributed by atoms with Crippen LogP contribution in [0, 0.1) is 6.92 Å². The van der Waals surface area contributed by atoms with Gasteiger partial charge in [-0.05, 0) is 36.5 Å². The summed E-state index contributed by atoms with van der Waals surface area (Å²) in [6, 6.07) is 10.2. The van der Waals surface area contributed by atoms with Crippen LogP contribution in [-0.2, 0) is 30.9 Å². The molecular weight excluding hydrogens is 434 g/mol. The minimum absolute atomic E-state index is 0.0318. The van der Waals surface area contributed by atoms with E-state index >= 15 is 0 Å². The molecule has 0 N–H and O–H groups in total. The van der Waals surface area contributed by atoms with Gasteiger partial charge in [0.2, 0.25) is 6.29 Å². The molecule has 1 aromatic heterocycles. The van der Waals surface area contributed by atoms with Gasteiger partial charge in [0.05, 0.1) is 12.3 Å². The number of hydrogen-bond donors (Lipinski definition) is 0. The summed E-state index contributed by atoms with van der Waals surface area (Å²) in [5.41, 5.74) is 4.53. The number of hydrogen-bond acceptors (Lipinski definition) is 7. The van der Waals surface area contributed by atoms with Gasteiger partial charge in [-0.15, -0.1) is 0 Å². The smallest absolute Gasteiger partial charge is 0.452 e. The van der Waals surface area contributed by atoms with Crippen LogP contribution in [0.1, 0.15) is 57.1 Å². The lowest BCUT2D eigenvalue weighted by atomic mass is 9.86. The van der Waals surface area contributed by atoms with Gasteiger partial charge in [-0.1, -0.05) is 45.0 Å². The van der Waals surface area contributed by atoms with Crippen molar-refractivity contribution in [3.8, 4) is 0 Å². The number of rotatable bonds is 10. The Morgan fingerprint density at radius 2 is 1.85 bits per heavy atom. The van der Waals surface area contributed by atoms with Crippen LogP contribution in [0.15, 0.2) is 35.3 Å². The van der Waals surface area contributed by atoms with Gasteiger partial charge in [-0.25, -0.2) is 4.79 Å². The molecule has 0 spiro atoms. The largest absolute Gasteiger partial charge is 0.511 e. The number of benzene rings is 1. The summed E-state index contributed by atoms with van der Waals surface area (Å²) in [6.45, 7) is 13.1. The molecule has 2 rings (SSSR count). The molecular formula is C26H37N3O5. The van der Waals surface area contributed by atoms with Crippen molar-refractivity contribution >= 4 is 23.7 Å². The molecule has 1 atom stereocenters. The summed E-state index contributed by atoms with van der Waals surface area (Å²) in [7, 11) is 3.23. The first kappa shape index (κ1) is 27.1. The number of methoxy groups -OCH3 is 1. The fourth-order valence-electron chi connectivity index (χ4n) is 3.34. The van der Waals surface area contributed by atoms with E-state index < -0.39 is 12.4 Å². The van der Waals surface area contributed by atoms with Crippen LogP contribution < -0.4 is 0 Å². The molecule has 0 radical (unpaired) electrons. The Bertz CT molecular complexity index is 1000. The van der Waals surface area contributed by atoms with Crippen molar-refractivity contribution in [2.45, 2.75) is 59.8 Å². The molecule has 8 nitrogen and oxygen atoms in total. The summed E-state index contributed by atoms with van der Waals surface area (Å²) < 4.78 is 23.3. The van der Waals surface area contributed by atoms with Gasteiger partial charge in [-0.2, -0.15) is 5.10 Å². The highest BCUT2D eigenvalue weighted by atomic mass is 16.8. The van der Waals surface area contributed by atoms with E-state index in [1.54, 1.807) is 20.2 Å². The summed E-state index contributed by atoms with van der Waals surface area (Å²) in [6.07, 6.45) is -0.00287. The number of nitrogens with zero attached hydrogens (tertiary/aromatic N) is 3. The third-order valence-electron chi connectivity index (χ3n) is 5.05. The van der Waals surface area contributed by atoms with Crippen LogP contribution in [0.2, 0.25) is 0 Å². The van der Waals surface area contributed by atoms with Crippen molar-refractivity contribution in [1.82, 2.24) is 9.78 Å². The van der Waals surface area contributed by atoms with Crippen LogP contribution in [0.3, 0.4) is 0 Å². The average Bonchev–Trinajstić information content (AvgIpc) is 3.16. The zero-order valence-electron chi connectivity index (χ0n) is 21.5. The minimum atomic E-state index is -0.917. The van der Waals surface area contributed by atoms with Gasteiger partial charge in [0.1, 0.15) is 12.3 Å². The predicted molar refractivity (Wildman–Crippen MR) is 134 cm³/mol. The first-order valence-corrected chi connectivity index (χ1v) is 11.4. The van der Waals surface area contributed by atoms with E-state index in [9.17, 15) is 4.79 Å². The van der Waals surface area contributed by atoms with E-state index in [4.69, 9.17) is 18.9 Å². The zero-order chi connectivity index (χ0) is 25.3. The van der Waals surface area contributed by atoms with E-state index in [0.717, 1.165) is 22.5 Å². The maximum atomic E-state index is 12.0. The van der Waals surface area contributed by atoms with Gasteiger partial charge in [0.25, 0.3) is 0 Å². The van der Waals surface area contributed by atoms with E-state index in [1.807, 2.05) is 36.7 Å². The molecule has 0 aliphatic rings. The summed E-state index contributed by atoms with van der Waals surface area (Å²) in [5.74, 6) is 0.508. The first-order valence-electron chi connectivity index (χ1n) is 11.4. The lowest BCUT2D eigenvalue weighted by Gasteiger charge is -2.21. The van der Waals surface area contributed by atoms with E-state index in [2.05, 4.69) is 43.0 Å². The maximum absolute atomic E-state index is 12.0. The molecule has 0 fully saturated rings. The van der Waals surface area contributed by atoms with Gasteiger partial charge in [0.15, 0.2) is 5.76 Å². The molecule has 34 heavy (non-hydrogen) atoms. The van der Waals surface area contributed by atoms with Crippen LogP contribution in [-0.4, -0.2) is 55.8 Å². The number of aryl methyl sites for hydroxylation is 2. The van der Waals surface area contributed by atoms with Crippen molar-refractivity contribution in [2.24, 2.45) is 4.99 Å². The summed E-state index contributed by atoms with van der Waals surface area (Å²) in [4.78, 5) is 16.3. The van der Waals surface area contributed by atoms with Crippen molar-refractivity contribution in [3.63, 3.8) is 0 Å². The molecule has 0 aliphatic carbocycles. The molecule has 1 aromatic carbocycles. The molecule has 8 heteroatoms. The lowest BCUT2D eigenvalue weighted by Crippen LogP contribution is -2.21. The maximum Gasteiger partial charge on any atom is 0.511 e. The highest BCUT2D eigenvalue weighted by Crippen LogP contribution is 2.30. The lowest BCUT2D eigenvalue weighted by molar-refractivity contribution is -0.0700. The Morgan fingerprint density at radius 1 is 1.18 bits per heavy atom. The van der Waals surface area contributed by atoms with Crippen LogP contribution in [0.5, 0.6) is 0 Å². The number of aromatic nitrogens is 2. The number of carbonyl (C=O) groups is 1. The van der Waals surface area contributed by atoms with Crippen LogP contribution >= 0.6 is 0 Å². The van der Waals surface area contributed by atoms with Gasteiger partial charge in [0, 0.05) is 39.4 Å². The predicted octanol–water partition coefficient (Wildman–Crippen LogP) is 5.24. The SMILES string of the molecule is CCn1nc(C)cc1/C(OC(C)OC(=O)OCCOC)=C(\C=NC)c1ccc(C(C)(C)C)cc1. The number of carbonyl (C=O) groups excluding carboxylic acids is 1. The molecule has 0 saturated carbocycles.